The number of aromatic amines is 1. The zero-order valence-corrected chi connectivity index (χ0v) is 24.3. The molecule has 0 spiro atoms. The zero-order valence-electron chi connectivity index (χ0n) is 22.5. The molecule has 4 aliphatic rings. The molecule has 3 aromatic heterocycles. The van der Waals surface area contributed by atoms with Crippen molar-refractivity contribution in [1.82, 2.24) is 24.8 Å². The maximum atomic E-state index is 12.3. The maximum Gasteiger partial charge on any atom is 0.663 e. The average molecular weight is 673 g/mol. The number of imidazole rings is 1. The number of H-pyrrole nitrogens is 1. The van der Waals surface area contributed by atoms with Crippen LogP contribution in [0.2, 0.25) is 0 Å². The highest BCUT2D eigenvalue weighted by atomic mass is 31.2. The van der Waals surface area contributed by atoms with Gasteiger partial charge < -0.3 is 36.2 Å². The Morgan fingerprint density at radius 3 is 2.76 bits per heavy atom. The molecule has 0 radical (unpaired) electrons. The molecule has 22 nitrogen and oxygen atoms in total. The molecule has 7 rings (SSSR count). The van der Waals surface area contributed by atoms with E-state index >= 15 is 0 Å². The third kappa shape index (κ3) is 5.12. The molecule has 4 atom stereocenters. The summed E-state index contributed by atoms with van der Waals surface area (Å²) < 4.78 is 33.0. The number of hydrogen-bond acceptors (Lipinski definition) is 20. The third-order valence-corrected chi connectivity index (χ3v) is 8.81. The van der Waals surface area contributed by atoms with E-state index in [4.69, 9.17) is 38.7 Å². The summed E-state index contributed by atoms with van der Waals surface area (Å²) in [6.07, 6.45) is 1.09. The molecule has 1 saturated heterocycles. The molecule has 7 heterocycles. The summed E-state index contributed by atoms with van der Waals surface area (Å²) in [5.74, 6) is -4.11. The first-order valence-electron chi connectivity index (χ1n) is 12.9. The summed E-state index contributed by atoms with van der Waals surface area (Å²) in [6.45, 7) is -0.349. The number of nitrogens with zero attached hydrogens (tertiary/aromatic N) is 5. The number of nitrogens with one attached hydrogen (secondary N) is 2. The van der Waals surface area contributed by atoms with E-state index < -0.39 is 81.5 Å². The van der Waals surface area contributed by atoms with Gasteiger partial charge in [-0.15, -0.1) is 4.52 Å². The summed E-state index contributed by atoms with van der Waals surface area (Å²) in [7, 11) is -9.88. The quantitative estimate of drug-likeness (QED) is 0.134. The number of nitrogen functional groups attached to an aromatic ring is 1. The van der Waals surface area contributed by atoms with E-state index in [9.17, 15) is 34.6 Å². The highest BCUT2D eigenvalue weighted by Crippen LogP contribution is 2.61. The summed E-state index contributed by atoms with van der Waals surface area (Å²) in [4.78, 5) is 71.0. The minimum Gasteiger partial charge on any atom is -0.500 e. The second kappa shape index (κ2) is 10.5. The number of aliphatic hydroxyl groups is 1. The van der Waals surface area contributed by atoms with E-state index in [1.54, 1.807) is 0 Å². The van der Waals surface area contributed by atoms with Gasteiger partial charge in [0.2, 0.25) is 17.6 Å². The number of rotatable bonds is 2. The fraction of sp³-hybridized carbons (Fsp3) is 0.333. The number of aromatic hydroxyl groups is 1. The molecule has 12 N–H and O–H groups in total. The predicted octanol–water partition coefficient (Wildman–Crippen LogP) is -1.81. The van der Waals surface area contributed by atoms with Crippen LogP contribution in [0.1, 0.15) is 12.2 Å². The second-order valence-corrected chi connectivity index (χ2v) is 12.8. The van der Waals surface area contributed by atoms with Crippen molar-refractivity contribution in [1.29, 1.82) is 0 Å². The molecule has 24 heteroatoms. The van der Waals surface area contributed by atoms with Gasteiger partial charge in [-0.1, -0.05) is 0 Å². The fourth-order valence-electron chi connectivity index (χ4n) is 5.11. The van der Waals surface area contributed by atoms with Gasteiger partial charge >= 0.3 is 16.3 Å². The Morgan fingerprint density at radius 2 is 1.96 bits per heavy atom. The van der Waals surface area contributed by atoms with Crippen LogP contribution in [-0.4, -0.2) is 86.5 Å². The van der Waals surface area contributed by atoms with Crippen LogP contribution in [0.25, 0.3) is 17.0 Å². The average Bonchev–Trinajstić information content (AvgIpc) is 3.72. The van der Waals surface area contributed by atoms with Crippen molar-refractivity contribution in [3.8, 4) is 11.5 Å². The first-order valence-corrected chi connectivity index (χ1v) is 16.0. The van der Waals surface area contributed by atoms with Crippen LogP contribution >= 0.6 is 16.3 Å². The van der Waals surface area contributed by atoms with E-state index in [2.05, 4.69) is 25.3 Å². The number of aromatic nitrogens is 4. The van der Waals surface area contributed by atoms with E-state index in [1.807, 2.05) is 0 Å². The Hall–Kier alpha value is -4.08. The summed E-state index contributed by atoms with van der Waals surface area (Å²) in [5, 5.41) is 25.1. The predicted molar refractivity (Wildman–Crippen MR) is 151 cm³/mol. The first kappa shape index (κ1) is 29.6. The number of fused-ring (bicyclic) bond motifs is 5. The number of hydrogen-bond donors (Lipinski definition) is 10. The van der Waals surface area contributed by atoms with Crippen LogP contribution in [0.5, 0.6) is 11.5 Å². The summed E-state index contributed by atoms with van der Waals surface area (Å²) >= 11 is 0. The Kier molecular flexibility index (Phi) is 6.91. The van der Waals surface area contributed by atoms with Gasteiger partial charge in [-0.25, -0.2) is 14.1 Å². The number of anilines is 2. The van der Waals surface area contributed by atoms with Gasteiger partial charge in [0.05, 0.1) is 18.5 Å². The highest BCUT2D eigenvalue weighted by Gasteiger charge is 2.53. The largest absolute Gasteiger partial charge is 0.663 e. The number of ether oxygens (including phenoxy) is 1. The van der Waals surface area contributed by atoms with Crippen LogP contribution in [0.3, 0.4) is 0 Å². The summed E-state index contributed by atoms with van der Waals surface area (Å²) in [6, 6.07) is -0.745. The van der Waals surface area contributed by atoms with E-state index in [1.165, 1.54) is 11.2 Å². The van der Waals surface area contributed by atoms with Crippen LogP contribution in [0.4, 0.5) is 11.8 Å². The topological polar surface area (TPSA) is 324 Å². The van der Waals surface area contributed by atoms with Crippen molar-refractivity contribution in [3.63, 3.8) is 0 Å². The zero-order chi connectivity index (χ0) is 31.8. The Labute approximate surface area is 250 Å². The number of aliphatic imine (C=N–C) groups is 1. The van der Waals surface area contributed by atoms with Crippen LogP contribution in [0.15, 0.2) is 38.3 Å². The van der Waals surface area contributed by atoms with Gasteiger partial charge in [-0.05, 0) is 13.0 Å². The van der Waals surface area contributed by atoms with E-state index in [0.29, 0.717) is 19.2 Å². The van der Waals surface area contributed by atoms with Crippen molar-refractivity contribution in [2.45, 2.75) is 37.4 Å². The number of piperidine rings is 1. The summed E-state index contributed by atoms with van der Waals surface area (Å²) in [5.41, 5.74) is 10.7. The Bertz CT molecular complexity index is 1840. The monoisotopic (exact) mass is 673 g/mol. The molecule has 0 aromatic carbocycles. The molecule has 4 aliphatic heterocycles. The molecule has 0 aliphatic carbocycles. The molecule has 0 amide bonds. The van der Waals surface area contributed by atoms with E-state index in [0.717, 1.165) is 10.9 Å². The van der Waals surface area contributed by atoms with Gasteiger partial charge in [0.1, 0.15) is 12.4 Å². The van der Waals surface area contributed by atoms with Crippen molar-refractivity contribution in [2.75, 3.05) is 17.2 Å². The van der Waals surface area contributed by atoms with Crippen LogP contribution in [0, 0.1) is 0 Å². The Balaban J connectivity index is 1.27. The van der Waals surface area contributed by atoms with Crippen LogP contribution in [-0.2, 0) is 24.9 Å². The maximum absolute atomic E-state index is 12.3. The molecular formula is C21H25N9O13P2+2. The van der Waals surface area contributed by atoms with Crippen molar-refractivity contribution in [2.24, 2.45) is 10.7 Å². The van der Waals surface area contributed by atoms with Gasteiger partial charge in [0.15, 0.2) is 41.7 Å². The normalized spacial score (nSPS) is 28.4. The molecule has 3 aromatic rings. The molecule has 45 heavy (non-hydrogen) atoms. The van der Waals surface area contributed by atoms with Gasteiger partial charge in [-0.2, -0.15) is 24.6 Å². The van der Waals surface area contributed by atoms with Crippen LogP contribution < -0.4 is 31.8 Å². The smallest absolute Gasteiger partial charge is 0.500 e. The Morgan fingerprint density at radius 1 is 1.16 bits per heavy atom. The van der Waals surface area contributed by atoms with Crippen molar-refractivity contribution < 1.29 is 57.0 Å². The SMILES string of the molecule is Nc1nc2c(ncn2C2=C3O[P+](O)(O)OCc4oc(N5C=NC6C(N)NCCC65)c(O)c4O[P+](O)(O)O/C=C(/O2)[C@H]3O)c(=O)[nH]1. The standard InChI is InChI=1S/C21H23N9O13P2/c22-16-10-7(1-2-24-16)29(5-25-10)19-13(32)14-9(41-19)4-39-45(36,37)43-15-12(31)8(3-38-44(34,35)42-14)40-20(15)30-6-26-11-17(30)27-21(23)28-18(11)33/h3,5-7,10,12,16,24,31,34-37H,1-2,4,22H2,(H2-2,23,27,28,32,33)/p+2/b8-3+/t7?,10?,12-,16?/m1/s1. The van der Waals surface area contributed by atoms with E-state index in [-0.39, 0.29) is 29.0 Å². The fourth-order valence-corrected chi connectivity index (χ4v) is 6.59. The molecule has 1 fully saturated rings. The van der Waals surface area contributed by atoms with Crippen molar-refractivity contribution in [3.05, 3.63) is 40.2 Å². The minimum atomic E-state index is -4.95. The lowest BCUT2D eigenvalue weighted by Gasteiger charge is -2.34. The number of nitrogens with two attached hydrogens (primary N) is 2. The molecule has 0 saturated carbocycles. The number of aliphatic hydroxyl groups excluding tert-OH is 1. The lowest BCUT2D eigenvalue weighted by Crippen LogP contribution is -2.58. The number of furan rings is 1. The second-order valence-electron chi connectivity index (χ2n) is 9.98. The lowest BCUT2D eigenvalue weighted by molar-refractivity contribution is 0.102. The minimum absolute atomic E-state index is 0.177. The molecular weight excluding hydrogens is 648 g/mol. The molecule has 3 unspecified atom stereocenters. The molecule has 2 bridgehead atoms. The van der Waals surface area contributed by atoms with Gasteiger partial charge in [0, 0.05) is 0 Å². The van der Waals surface area contributed by atoms with Crippen molar-refractivity contribution >= 4 is 51.6 Å². The molecule has 240 valence electrons. The first-order chi connectivity index (χ1) is 21.3. The lowest BCUT2D eigenvalue weighted by atomic mass is 9.99. The van der Waals surface area contributed by atoms with Gasteiger partial charge in [0.25, 0.3) is 23.0 Å². The van der Waals surface area contributed by atoms with Gasteiger partial charge in [-0.3, -0.25) is 28.7 Å². The highest BCUT2D eigenvalue weighted by molar-refractivity contribution is 7.55. The third-order valence-electron chi connectivity index (χ3n) is 7.11.